The molecule has 4 nitrogen and oxygen atoms in total. The second kappa shape index (κ2) is 3.38. The molecule has 1 amide bonds. The van der Waals surface area contributed by atoms with Crippen molar-refractivity contribution < 1.29 is 10.0 Å². The molecule has 13 heavy (non-hydrogen) atoms. The average Bonchev–Trinajstić information content (AvgIpc) is 2.62. The zero-order valence-corrected chi connectivity index (χ0v) is 8.93. The molecule has 6 heteroatoms. The van der Waals surface area contributed by atoms with Gasteiger partial charge in [-0.25, -0.2) is 5.06 Å². The minimum absolute atomic E-state index is 0.191. The summed E-state index contributed by atoms with van der Waals surface area (Å²) in [5.41, 5.74) is 0. The van der Waals surface area contributed by atoms with E-state index < -0.39 is 0 Å². The molecule has 1 aliphatic rings. The number of halogens is 1. The van der Waals surface area contributed by atoms with E-state index in [1.54, 1.807) is 0 Å². The fourth-order valence-corrected chi connectivity index (χ4v) is 2.69. The molecule has 0 spiro atoms. The van der Waals surface area contributed by atoms with Crippen molar-refractivity contribution in [3.05, 3.63) is 20.8 Å². The van der Waals surface area contributed by atoms with Crippen LogP contribution in [0.4, 0.5) is 0 Å². The number of nitrogens with one attached hydrogen (secondary N) is 1. The molecule has 2 heterocycles. The van der Waals surface area contributed by atoms with Crippen LogP contribution in [0.1, 0.15) is 11.0 Å². The van der Waals surface area contributed by atoms with Crippen LogP contribution in [0.25, 0.3) is 0 Å². The molecular weight excluding hydrogens is 256 g/mol. The average molecular weight is 263 g/mol. The Hall–Kier alpha value is -0.430. The van der Waals surface area contributed by atoms with E-state index in [4.69, 9.17) is 0 Å². The Morgan fingerprint density at radius 3 is 3.00 bits per heavy atom. The third-order valence-corrected chi connectivity index (χ3v) is 3.55. The number of amides is 1. The monoisotopic (exact) mass is 262 g/mol. The van der Waals surface area contributed by atoms with E-state index in [0.717, 1.165) is 14.4 Å². The van der Waals surface area contributed by atoms with Crippen molar-refractivity contribution in [3.8, 4) is 0 Å². The Morgan fingerprint density at radius 2 is 2.54 bits per heavy atom. The number of hydrogen-bond acceptors (Lipinski definition) is 4. The largest absolute Gasteiger partial charge is 0.284 e. The summed E-state index contributed by atoms with van der Waals surface area (Å²) in [4.78, 5) is 11.9. The van der Waals surface area contributed by atoms with E-state index in [9.17, 15) is 10.0 Å². The van der Waals surface area contributed by atoms with Crippen molar-refractivity contribution in [2.24, 2.45) is 0 Å². The topological polar surface area (TPSA) is 52.6 Å². The molecule has 2 rings (SSSR count). The quantitative estimate of drug-likeness (QED) is 0.751. The van der Waals surface area contributed by atoms with Crippen LogP contribution in [0.3, 0.4) is 0 Å². The highest BCUT2D eigenvalue weighted by molar-refractivity contribution is 9.10. The van der Waals surface area contributed by atoms with Gasteiger partial charge in [-0.2, -0.15) is 0 Å². The molecule has 1 aromatic heterocycles. The van der Waals surface area contributed by atoms with Crippen LogP contribution in [0.15, 0.2) is 15.9 Å². The highest BCUT2D eigenvalue weighted by Crippen LogP contribution is 2.28. The van der Waals surface area contributed by atoms with E-state index >= 15 is 0 Å². The van der Waals surface area contributed by atoms with E-state index in [0.29, 0.717) is 0 Å². The minimum atomic E-state index is -0.385. The lowest BCUT2D eigenvalue weighted by molar-refractivity contribution is -0.165. The molecule has 0 bridgehead atoms. The zero-order chi connectivity index (χ0) is 9.42. The van der Waals surface area contributed by atoms with Crippen LogP contribution in [-0.4, -0.2) is 22.7 Å². The SMILES string of the molecule is O=C1CNC(c2cc(Br)cs2)N1O. The Balaban J connectivity index is 2.23. The van der Waals surface area contributed by atoms with Crippen LogP contribution in [0.2, 0.25) is 0 Å². The van der Waals surface area contributed by atoms with E-state index in [1.165, 1.54) is 11.3 Å². The first-order valence-corrected chi connectivity index (χ1v) is 5.34. The normalized spacial score (nSPS) is 22.8. The predicted molar refractivity (Wildman–Crippen MR) is 51.4 cm³/mol. The van der Waals surface area contributed by atoms with Gasteiger partial charge >= 0.3 is 0 Å². The maximum absolute atomic E-state index is 11.0. The van der Waals surface area contributed by atoms with Crippen LogP contribution < -0.4 is 5.32 Å². The molecular formula is C7H7BrN2O2S. The number of thiophene rings is 1. The zero-order valence-electron chi connectivity index (χ0n) is 6.53. The Kier molecular flexibility index (Phi) is 2.37. The molecule has 0 aliphatic carbocycles. The van der Waals surface area contributed by atoms with Gasteiger partial charge < -0.3 is 0 Å². The molecule has 1 fully saturated rings. The van der Waals surface area contributed by atoms with Crippen molar-refractivity contribution in [2.45, 2.75) is 6.17 Å². The molecule has 0 aromatic carbocycles. The fraction of sp³-hybridized carbons (Fsp3) is 0.286. The van der Waals surface area contributed by atoms with Crippen LogP contribution >= 0.6 is 27.3 Å². The molecule has 70 valence electrons. The molecule has 0 saturated carbocycles. The highest BCUT2D eigenvalue weighted by Gasteiger charge is 2.31. The van der Waals surface area contributed by atoms with E-state index in [-0.39, 0.29) is 18.6 Å². The van der Waals surface area contributed by atoms with Gasteiger partial charge in [-0.15, -0.1) is 11.3 Å². The van der Waals surface area contributed by atoms with Gasteiger partial charge in [-0.1, -0.05) is 0 Å². The first kappa shape index (κ1) is 9.14. The van der Waals surface area contributed by atoms with E-state index in [1.807, 2.05) is 11.4 Å². The van der Waals surface area contributed by atoms with Gasteiger partial charge in [0.25, 0.3) is 5.91 Å². The van der Waals surface area contributed by atoms with Crippen LogP contribution in [0, 0.1) is 0 Å². The Morgan fingerprint density at radius 1 is 1.77 bits per heavy atom. The molecule has 1 aromatic rings. The number of carbonyl (C=O) groups is 1. The highest BCUT2D eigenvalue weighted by atomic mass is 79.9. The predicted octanol–water partition coefficient (Wildman–Crippen LogP) is 1.33. The van der Waals surface area contributed by atoms with Crippen molar-refractivity contribution >= 4 is 33.2 Å². The standard InChI is InChI=1S/C7H7BrN2O2S/c8-4-1-5(13-3-4)7-9-2-6(11)10(7)12/h1,3,7,9,12H,2H2. The number of nitrogens with zero attached hydrogens (tertiary/aromatic N) is 1. The third-order valence-electron chi connectivity index (χ3n) is 1.80. The summed E-state index contributed by atoms with van der Waals surface area (Å²) in [6, 6.07) is 1.88. The lowest BCUT2D eigenvalue weighted by Gasteiger charge is -2.14. The van der Waals surface area contributed by atoms with Crippen molar-refractivity contribution in [2.75, 3.05) is 6.54 Å². The summed E-state index contributed by atoms with van der Waals surface area (Å²) < 4.78 is 0.960. The van der Waals surface area contributed by atoms with E-state index in [2.05, 4.69) is 21.2 Å². The first-order chi connectivity index (χ1) is 6.18. The smallest absolute Gasteiger partial charge is 0.261 e. The summed E-state index contributed by atoms with van der Waals surface area (Å²) in [5.74, 6) is -0.297. The number of hydrogen-bond donors (Lipinski definition) is 2. The Bertz CT molecular complexity index is 341. The molecule has 1 aliphatic heterocycles. The molecule has 1 atom stereocenters. The van der Waals surface area contributed by atoms with Gasteiger partial charge in [-0.3, -0.25) is 15.3 Å². The summed E-state index contributed by atoms with van der Waals surface area (Å²) >= 11 is 4.80. The lowest BCUT2D eigenvalue weighted by atomic mass is 10.4. The lowest BCUT2D eigenvalue weighted by Crippen LogP contribution is -2.25. The van der Waals surface area contributed by atoms with Crippen LogP contribution in [-0.2, 0) is 4.79 Å². The van der Waals surface area contributed by atoms with Crippen molar-refractivity contribution in [1.82, 2.24) is 10.4 Å². The summed E-state index contributed by atoms with van der Waals surface area (Å²) in [6.07, 6.45) is -0.385. The minimum Gasteiger partial charge on any atom is -0.284 e. The Labute approximate surface area is 87.2 Å². The summed E-state index contributed by atoms with van der Waals surface area (Å²) in [5, 5.41) is 14.9. The van der Waals surface area contributed by atoms with Gasteiger partial charge in [0.2, 0.25) is 0 Å². The second-order valence-electron chi connectivity index (χ2n) is 2.69. The van der Waals surface area contributed by atoms with Crippen LogP contribution in [0.5, 0.6) is 0 Å². The van der Waals surface area contributed by atoms with Gasteiger partial charge in [0.15, 0.2) is 0 Å². The second-order valence-corrected chi connectivity index (χ2v) is 4.55. The van der Waals surface area contributed by atoms with Gasteiger partial charge in [0.05, 0.1) is 6.54 Å². The van der Waals surface area contributed by atoms with Gasteiger partial charge in [0.1, 0.15) is 6.17 Å². The summed E-state index contributed by atoms with van der Waals surface area (Å²) in [6.45, 7) is 0.191. The van der Waals surface area contributed by atoms with Crippen molar-refractivity contribution in [1.29, 1.82) is 0 Å². The van der Waals surface area contributed by atoms with Gasteiger partial charge in [0, 0.05) is 14.7 Å². The molecule has 1 saturated heterocycles. The number of carbonyl (C=O) groups excluding carboxylic acids is 1. The van der Waals surface area contributed by atoms with Crippen molar-refractivity contribution in [3.63, 3.8) is 0 Å². The maximum Gasteiger partial charge on any atom is 0.261 e. The fourth-order valence-electron chi connectivity index (χ4n) is 1.19. The maximum atomic E-state index is 11.0. The molecule has 1 unspecified atom stereocenters. The van der Waals surface area contributed by atoms with Gasteiger partial charge in [-0.05, 0) is 22.0 Å². The summed E-state index contributed by atoms with van der Waals surface area (Å²) in [7, 11) is 0. The number of rotatable bonds is 1. The molecule has 2 N–H and O–H groups in total. The number of hydroxylamine groups is 2. The molecule has 0 radical (unpaired) electrons. The first-order valence-electron chi connectivity index (χ1n) is 3.67. The third kappa shape index (κ3) is 1.62.